The molecule has 0 bridgehead atoms. The number of carbonyl (C=O) groups excluding carboxylic acids is 2. The highest BCUT2D eigenvalue weighted by atomic mass is 19.1. The van der Waals surface area contributed by atoms with Crippen molar-refractivity contribution < 1.29 is 23.5 Å². The summed E-state index contributed by atoms with van der Waals surface area (Å²) in [6.07, 6.45) is 0. The van der Waals surface area contributed by atoms with E-state index >= 15 is 0 Å². The first-order valence-electron chi connectivity index (χ1n) is 11.1. The first kappa shape index (κ1) is 21.7. The first-order chi connectivity index (χ1) is 16.0. The Hall–Kier alpha value is -3.17. The molecule has 8 nitrogen and oxygen atoms in total. The number of morpholine rings is 1. The number of nitrogens with one attached hydrogen (secondary N) is 1. The van der Waals surface area contributed by atoms with Gasteiger partial charge in [0.2, 0.25) is 0 Å². The third-order valence-corrected chi connectivity index (χ3v) is 6.71. The molecule has 5 rings (SSSR count). The fourth-order valence-electron chi connectivity index (χ4n) is 5.11. The molecule has 3 fully saturated rings. The van der Waals surface area contributed by atoms with E-state index in [1.165, 1.54) is 24.3 Å². The fraction of sp³-hybridized carbons (Fsp3) is 0.417. The zero-order valence-corrected chi connectivity index (χ0v) is 18.5. The molecule has 0 aromatic heterocycles. The molecule has 3 amide bonds. The number of methoxy groups -OCH3 is 1. The van der Waals surface area contributed by atoms with E-state index in [1.54, 1.807) is 24.1 Å². The van der Waals surface area contributed by atoms with Crippen molar-refractivity contribution in [1.29, 1.82) is 0 Å². The Labute approximate surface area is 191 Å². The Kier molecular flexibility index (Phi) is 5.67. The second-order valence-corrected chi connectivity index (χ2v) is 8.86. The van der Waals surface area contributed by atoms with E-state index in [9.17, 15) is 14.0 Å². The van der Waals surface area contributed by atoms with Gasteiger partial charge < -0.3 is 24.6 Å². The molecule has 3 aliphatic heterocycles. The molecule has 2 aromatic carbocycles. The lowest BCUT2D eigenvalue weighted by atomic mass is 9.82. The monoisotopic (exact) mass is 454 g/mol. The number of carbonyl (C=O) groups is 2. The topological polar surface area (TPSA) is 74.3 Å². The number of amides is 3. The predicted octanol–water partition coefficient (Wildman–Crippen LogP) is 2.28. The normalized spacial score (nSPS) is 21.8. The minimum Gasteiger partial charge on any atom is -0.497 e. The molecule has 9 heteroatoms. The molecule has 3 aliphatic rings. The van der Waals surface area contributed by atoms with Crippen molar-refractivity contribution in [3.05, 3.63) is 59.9 Å². The molecular formula is C24H27FN4O4. The molecule has 3 heterocycles. The van der Waals surface area contributed by atoms with Crippen LogP contribution in [0.15, 0.2) is 48.5 Å². The summed E-state index contributed by atoms with van der Waals surface area (Å²) in [7, 11) is 1.58. The summed E-state index contributed by atoms with van der Waals surface area (Å²) in [6, 6.07) is 12.7. The number of rotatable bonds is 3. The second kappa shape index (κ2) is 8.64. The number of urea groups is 1. The summed E-state index contributed by atoms with van der Waals surface area (Å²) in [5.74, 6) is 0.243. The number of hydrogen-bond acceptors (Lipinski definition) is 5. The number of ether oxygens (including phenoxy) is 2. The van der Waals surface area contributed by atoms with E-state index in [4.69, 9.17) is 9.47 Å². The third-order valence-electron chi connectivity index (χ3n) is 6.71. The lowest BCUT2D eigenvalue weighted by molar-refractivity contribution is -0.147. The van der Waals surface area contributed by atoms with Crippen LogP contribution in [0.1, 0.15) is 10.4 Å². The molecule has 1 atom stereocenters. The van der Waals surface area contributed by atoms with Gasteiger partial charge in [0, 0.05) is 44.0 Å². The Morgan fingerprint density at radius 2 is 1.88 bits per heavy atom. The first-order valence-corrected chi connectivity index (χ1v) is 11.1. The van der Waals surface area contributed by atoms with Crippen molar-refractivity contribution in [2.24, 2.45) is 0 Å². The van der Waals surface area contributed by atoms with E-state index in [1.807, 2.05) is 17.0 Å². The maximum Gasteiger partial charge on any atom is 0.321 e. The van der Waals surface area contributed by atoms with Crippen molar-refractivity contribution in [1.82, 2.24) is 14.7 Å². The smallest absolute Gasteiger partial charge is 0.321 e. The van der Waals surface area contributed by atoms with Crippen LogP contribution in [-0.2, 0) is 4.74 Å². The van der Waals surface area contributed by atoms with Gasteiger partial charge in [-0.25, -0.2) is 9.18 Å². The maximum atomic E-state index is 13.3. The lowest BCUT2D eigenvalue weighted by Crippen LogP contribution is -2.81. The highest BCUT2D eigenvalue weighted by Gasteiger charge is 2.56. The average Bonchev–Trinajstić information content (AvgIpc) is 2.82. The van der Waals surface area contributed by atoms with Crippen molar-refractivity contribution >= 4 is 17.6 Å². The number of fused-ring (bicyclic) bond motifs is 2. The van der Waals surface area contributed by atoms with Crippen LogP contribution in [0.5, 0.6) is 5.75 Å². The summed E-state index contributed by atoms with van der Waals surface area (Å²) >= 11 is 0. The Bertz CT molecular complexity index is 1040. The summed E-state index contributed by atoms with van der Waals surface area (Å²) in [4.78, 5) is 32.1. The van der Waals surface area contributed by atoms with Gasteiger partial charge in [-0.1, -0.05) is 6.07 Å². The molecule has 3 saturated heterocycles. The molecule has 33 heavy (non-hydrogen) atoms. The number of hydrogen-bond donors (Lipinski definition) is 1. The molecule has 2 aromatic rings. The highest BCUT2D eigenvalue weighted by Crippen LogP contribution is 2.36. The van der Waals surface area contributed by atoms with Crippen molar-refractivity contribution in [3.63, 3.8) is 0 Å². The maximum absolute atomic E-state index is 13.3. The summed E-state index contributed by atoms with van der Waals surface area (Å²) < 4.78 is 24.1. The van der Waals surface area contributed by atoms with Gasteiger partial charge in [-0.2, -0.15) is 0 Å². The number of anilines is 1. The van der Waals surface area contributed by atoms with Crippen LogP contribution in [0.25, 0.3) is 0 Å². The zero-order valence-electron chi connectivity index (χ0n) is 18.5. The van der Waals surface area contributed by atoms with Gasteiger partial charge in [0.05, 0.1) is 31.9 Å². The van der Waals surface area contributed by atoms with Crippen LogP contribution in [0.4, 0.5) is 14.9 Å². The third kappa shape index (κ3) is 4.14. The van der Waals surface area contributed by atoms with Crippen molar-refractivity contribution in [2.45, 2.75) is 11.6 Å². The molecule has 1 spiro atoms. The molecule has 174 valence electrons. The van der Waals surface area contributed by atoms with Crippen LogP contribution in [0, 0.1) is 5.82 Å². The number of nitrogens with zero attached hydrogens (tertiary/aromatic N) is 3. The number of piperazine rings is 1. The second-order valence-electron chi connectivity index (χ2n) is 8.86. The number of benzene rings is 2. The Morgan fingerprint density at radius 3 is 2.64 bits per heavy atom. The summed E-state index contributed by atoms with van der Waals surface area (Å²) in [6.45, 7) is 4.13. The van der Waals surface area contributed by atoms with Gasteiger partial charge in [0.15, 0.2) is 0 Å². The molecular weight excluding hydrogens is 427 g/mol. The van der Waals surface area contributed by atoms with Gasteiger partial charge >= 0.3 is 6.03 Å². The largest absolute Gasteiger partial charge is 0.497 e. The number of likely N-dealkylation sites (tertiary alicyclic amines) is 1. The Morgan fingerprint density at radius 1 is 1.12 bits per heavy atom. The van der Waals surface area contributed by atoms with Gasteiger partial charge in [0.25, 0.3) is 5.91 Å². The highest BCUT2D eigenvalue weighted by molar-refractivity contribution is 5.95. The van der Waals surface area contributed by atoms with E-state index in [0.29, 0.717) is 56.4 Å². The minimum atomic E-state index is -0.350. The van der Waals surface area contributed by atoms with Gasteiger partial charge in [0.1, 0.15) is 11.6 Å². The SMILES string of the molecule is COc1cccc(C(=O)N2C[C@@H]3COCCN3C3(CN(C(=O)Nc4ccc(F)cc4)C3)C2)c1. The molecule has 0 saturated carbocycles. The van der Waals surface area contributed by atoms with E-state index in [-0.39, 0.29) is 29.3 Å². The van der Waals surface area contributed by atoms with Gasteiger partial charge in [-0.15, -0.1) is 0 Å². The van der Waals surface area contributed by atoms with E-state index in [0.717, 1.165) is 6.54 Å². The summed E-state index contributed by atoms with van der Waals surface area (Å²) in [5.41, 5.74) is 0.825. The van der Waals surface area contributed by atoms with Crippen molar-refractivity contribution in [3.8, 4) is 5.75 Å². The molecule has 0 aliphatic carbocycles. The van der Waals surface area contributed by atoms with Crippen LogP contribution >= 0.6 is 0 Å². The van der Waals surface area contributed by atoms with E-state index in [2.05, 4.69) is 10.2 Å². The average molecular weight is 455 g/mol. The van der Waals surface area contributed by atoms with E-state index < -0.39 is 0 Å². The minimum absolute atomic E-state index is 0.0484. The molecule has 0 unspecified atom stereocenters. The van der Waals surface area contributed by atoms with Crippen molar-refractivity contribution in [2.75, 3.05) is 58.4 Å². The quantitative estimate of drug-likeness (QED) is 0.770. The standard InChI is InChI=1S/C24H27FN4O4/c1-32-21-4-2-3-17(11-21)22(30)27-12-20-13-33-10-9-29(20)24(14-27)15-28(16-24)23(31)26-19-7-5-18(25)6-8-19/h2-8,11,20H,9-10,12-16H2,1H3,(H,26,31)/t20-/m1/s1. The van der Waals surface area contributed by atoms with Gasteiger partial charge in [-0.3, -0.25) is 9.69 Å². The molecule has 0 radical (unpaired) electrons. The van der Waals surface area contributed by atoms with Gasteiger partial charge in [-0.05, 0) is 42.5 Å². The van der Waals surface area contributed by atoms with Crippen LogP contribution in [0.3, 0.4) is 0 Å². The fourth-order valence-corrected chi connectivity index (χ4v) is 5.11. The zero-order chi connectivity index (χ0) is 23.0. The van der Waals surface area contributed by atoms with Crippen LogP contribution in [0.2, 0.25) is 0 Å². The summed E-state index contributed by atoms with van der Waals surface area (Å²) in [5, 5.41) is 2.82. The molecule has 1 N–H and O–H groups in total. The lowest BCUT2D eigenvalue weighted by Gasteiger charge is -2.63. The Balaban J connectivity index is 1.31. The van der Waals surface area contributed by atoms with Crippen LogP contribution < -0.4 is 10.1 Å². The van der Waals surface area contributed by atoms with Crippen LogP contribution in [-0.4, -0.2) is 91.3 Å². The number of halogens is 1. The predicted molar refractivity (Wildman–Crippen MR) is 120 cm³/mol.